The molecular formula is C8H6BrF2N3. The van der Waals surface area contributed by atoms with Crippen LogP contribution in [-0.2, 0) is 7.05 Å². The van der Waals surface area contributed by atoms with Crippen LogP contribution >= 0.6 is 15.9 Å². The fourth-order valence-electron chi connectivity index (χ4n) is 1.21. The number of rotatable bonds is 1. The third kappa shape index (κ3) is 1.50. The quantitative estimate of drug-likeness (QED) is 0.791. The minimum Gasteiger partial charge on any atom is -0.273 e. The van der Waals surface area contributed by atoms with Gasteiger partial charge in [-0.15, -0.1) is 0 Å². The summed E-state index contributed by atoms with van der Waals surface area (Å²) in [5, 5.41) is 4.69. The van der Waals surface area contributed by atoms with Crippen LogP contribution in [0.2, 0.25) is 0 Å². The summed E-state index contributed by atoms with van der Waals surface area (Å²) in [4.78, 5) is 3.77. The van der Waals surface area contributed by atoms with E-state index in [1.54, 1.807) is 24.0 Å². The van der Waals surface area contributed by atoms with Gasteiger partial charge in [0.05, 0.1) is 0 Å². The molecule has 0 aliphatic heterocycles. The van der Waals surface area contributed by atoms with Crippen LogP contribution in [0.5, 0.6) is 0 Å². The first-order valence-corrected chi connectivity index (χ1v) is 4.65. The van der Waals surface area contributed by atoms with Crippen molar-refractivity contribution in [3.63, 3.8) is 0 Å². The molecule has 0 aliphatic carbocycles. The van der Waals surface area contributed by atoms with E-state index in [9.17, 15) is 8.78 Å². The monoisotopic (exact) mass is 261 g/mol. The van der Waals surface area contributed by atoms with Gasteiger partial charge < -0.3 is 0 Å². The van der Waals surface area contributed by atoms with Crippen molar-refractivity contribution in [3.8, 4) is 0 Å². The lowest BCUT2D eigenvalue weighted by atomic mass is 10.3. The molecule has 0 spiro atoms. The summed E-state index contributed by atoms with van der Waals surface area (Å²) < 4.78 is 26.7. The summed E-state index contributed by atoms with van der Waals surface area (Å²) >= 11 is 3.05. The van der Waals surface area contributed by atoms with Gasteiger partial charge in [0.25, 0.3) is 6.43 Å². The molecule has 0 saturated carbocycles. The number of aromatic nitrogens is 3. The van der Waals surface area contributed by atoms with Gasteiger partial charge in [0, 0.05) is 23.1 Å². The molecule has 0 atom stereocenters. The summed E-state index contributed by atoms with van der Waals surface area (Å²) in [6.07, 6.45) is -0.863. The van der Waals surface area contributed by atoms with E-state index in [1.165, 1.54) is 0 Å². The van der Waals surface area contributed by atoms with Gasteiger partial charge in [-0.1, -0.05) is 0 Å². The first-order valence-electron chi connectivity index (χ1n) is 3.86. The van der Waals surface area contributed by atoms with E-state index in [-0.39, 0.29) is 5.69 Å². The third-order valence-electron chi connectivity index (χ3n) is 1.80. The van der Waals surface area contributed by atoms with Gasteiger partial charge in [-0.2, -0.15) is 5.10 Å². The summed E-state index contributed by atoms with van der Waals surface area (Å²) in [7, 11) is 1.72. The third-order valence-corrected chi connectivity index (χ3v) is 2.43. The molecule has 0 amide bonds. The maximum atomic E-state index is 12.4. The van der Waals surface area contributed by atoms with Gasteiger partial charge in [0.1, 0.15) is 5.69 Å². The average Bonchev–Trinajstić information content (AvgIpc) is 2.42. The largest absolute Gasteiger partial charge is 0.281 e. The van der Waals surface area contributed by atoms with Crippen LogP contribution in [0, 0.1) is 0 Å². The maximum Gasteiger partial charge on any atom is 0.281 e. The van der Waals surface area contributed by atoms with Gasteiger partial charge in [-0.3, -0.25) is 4.68 Å². The Hall–Kier alpha value is -1.04. The van der Waals surface area contributed by atoms with Crippen LogP contribution in [-0.4, -0.2) is 14.8 Å². The SMILES string of the molecule is Cn1cc2cc(Br)c(C(F)F)nc2n1. The Bertz CT molecular complexity index is 481. The van der Waals surface area contributed by atoms with E-state index in [0.29, 0.717) is 10.1 Å². The molecule has 0 aromatic carbocycles. The van der Waals surface area contributed by atoms with E-state index in [1.807, 2.05) is 0 Å². The second-order valence-electron chi connectivity index (χ2n) is 2.87. The van der Waals surface area contributed by atoms with Gasteiger partial charge in [0.15, 0.2) is 5.65 Å². The number of alkyl halides is 2. The van der Waals surface area contributed by atoms with E-state index in [0.717, 1.165) is 5.39 Å². The van der Waals surface area contributed by atoms with Crippen LogP contribution in [0.3, 0.4) is 0 Å². The van der Waals surface area contributed by atoms with Crippen molar-refractivity contribution in [2.75, 3.05) is 0 Å². The predicted octanol–water partition coefficient (Wildman–Crippen LogP) is 2.67. The highest BCUT2D eigenvalue weighted by molar-refractivity contribution is 9.10. The van der Waals surface area contributed by atoms with Crippen molar-refractivity contribution in [1.82, 2.24) is 14.8 Å². The molecule has 2 rings (SSSR count). The molecule has 2 aromatic heterocycles. The molecule has 0 radical (unpaired) electrons. The van der Waals surface area contributed by atoms with Gasteiger partial charge in [-0.05, 0) is 22.0 Å². The standard InChI is InChI=1S/C8H6BrF2N3/c1-14-3-4-2-5(9)6(7(10)11)12-8(4)13-14/h2-3,7H,1H3. The lowest BCUT2D eigenvalue weighted by Gasteiger charge is -2.00. The second-order valence-corrected chi connectivity index (χ2v) is 3.73. The lowest BCUT2D eigenvalue weighted by molar-refractivity contribution is 0.145. The molecule has 0 unspecified atom stereocenters. The second kappa shape index (κ2) is 3.27. The zero-order valence-electron chi connectivity index (χ0n) is 7.21. The minimum absolute atomic E-state index is 0.267. The minimum atomic E-state index is -2.59. The Morgan fingerprint density at radius 3 is 2.86 bits per heavy atom. The van der Waals surface area contributed by atoms with Gasteiger partial charge in [0.2, 0.25) is 0 Å². The molecule has 3 nitrogen and oxygen atoms in total. The number of fused-ring (bicyclic) bond motifs is 1. The molecule has 74 valence electrons. The van der Waals surface area contributed by atoms with Crippen molar-refractivity contribution >= 4 is 27.0 Å². The van der Waals surface area contributed by atoms with E-state index in [4.69, 9.17) is 0 Å². The molecule has 0 bridgehead atoms. The number of hydrogen-bond donors (Lipinski definition) is 0. The zero-order valence-corrected chi connectivity index (χ0v) is 8.79. The number of hydrogen-bond acceptors (Lipinski definition) is 2. The van der Waals surface area contributed by atoms with Crippen molar-refractivity contribution in [3.05, 3.63) is 22.4 Å². The lowest BCUT2D eigenvalue weighted by Crippen LogP contribution is -1.93. The first kappa shape index (κ1) is 9.51. The highest BCUT2D eigenvalue weighted by atomic mass is 79.9. The summed E-state index contributed by atoms with van der Waals surface area (Å²) in [5.41, 5.74) is 0.0715. The number of halogens is 3. The Balaban J connectivity index is 2.70. The van der Waals surface area contributed by atoms with Gasteiger partial charge >= 0.3 is 0 Å². The van der Waals surface area contributed by atoms with Crippen molar-refractivity contribution in [2.24, 2.45) is 7.05 Å². The van der Waals surface area contributed by atoms with E-state index >= 15 is 0 Å². The predicted molar refractivity (Wildman–Crippen MR) is 51.2 cm³/mol. The smallest absolute Gasteiger partial charge is 0.273 e. The maximum absolute atomic E-state index is 12.4. The van der Waals surface area contributed by atoms with Crippen LogP contribution in [0.15, 0.2) is 16.7 Å². The Morgan fingerprint density at radius 2 is 2.21 bits per heavy atom. The highest BCUT2D eigenvalue weighted by Gasteiger charge is 2.15. The topological polar surface area (TPSA) is 30.7 Å². The molecule has 14 heavy (non-hydrogen) atoms. The normalized spacial score (nSPS) is 11.5. The summed E-state index contributed by atoms with van der Waals surface area (Å²) in [6, 6.07) is 1.59. The molecule has 2 heterocycles. The van der Waals surface area contributed by atoms with Crippen molar-refractivity contribution in [2.45, 2.75) is 6.43 Å². The molecule has 2 aromatic rings. The fraction of sp³-hybridized carbons (Fsp3) is 0.250. The fourth-order valence-corrected chi connectivity index (χ4v) is 1.72. The van der Waals surface area contributed by atoms with Gasteiger partial charge in [-0.25, -0.2) is 13.8 Å². The number of nitrogens with zero attached hydrogens (tertiary/aromatic N) is 3. The molecule has 0 N–H and O–H groups in total. The molecular weight excluding hydrogens is 256 g/mol. The highest BCUT2D eigenvalue weighted by Crippen LogP contribution is 2.27. The first-order chi connectivity index (χ1) is 6.58. The average molecular weight is 262 g/mol. The van der Waals surface area contributed by atoms with Crippen LogP contribution in [0.4, 0.5) is 8.78 Å². The Morgan fingerprint density at radius 1 is 1.50 bits per heavy atom. The number of aryl methyl sites for hydroxylation is 1. The molecule has 0 fully saturated rings. The Kier molecular flexibility index (Phi) is 2.22. The van der Waals surface area contributed by atoms with Crippen LogP contribution in [0.1, 0.15) is 12.1 Å². The van der Waals surface area contributed by atoms with Crippen molar-refractivity contribution < 1.29 is 8.78 Å². The van der Waals surface area contributed by atoms with Crippen LogP contribution < -0.4 is 0 Å². The zero-order chi connectivity index (χ0) is 10.3. The molecule has 0 saturated heterocycles. The van der Waals surface area contributed by atoms with E-state index in [2.05, 4.69) is 26.0 Å². The molecule has 6 heteroatoms. The summed E-state index contributed by atoms with van der Waals surface area (Å²) in [6.45, 7) is 0. The molecule has 0 aliphatic rings. The van der Waals surface area contributed by atoms with Crippen molar-refractivity contribution in [1.29, 1.82) is 0 Å². The summed E-state index contributed by atoms with van der Waals surface area (Å²) in [5.74, 6) is 0. The van der Waals surface area contributed by atoms with Crippen LogP contribution in [0.25, 0.3) is 11.0 Å². The number of pyridine rings is 1. The van der Waals surface area contributed by atoms with E-state index < -0.39 is 6.43 Å². The Labute approximate surface area is 86.9 Å².